The highest BCUT2D eigenvalue weighted by molar-refractivity contribution is 5.55. The Morgan fingerprint density at radius 2 is 1.81 bits per heavy atom. The number of nitrogens with one attached hydrogen (secondary N) is 1. The van der Waals surface area contributed by atoms with Gasteiger partial charge in [0.1, 0.15) is 0 Å². The van der Waals surface area contributed by atoms with Crippen molar-refractivity contribution in [2.75, 3.05) is 26.6 Å². The monoisotopic (exact) mass is 291 g/mol. The Bertz CT molecular complexity index is 623. The van der Waals surface area contributed by atoms with Crippen molar-refractivity contribution in [3.8, 4) is 17.4 Å². The van der Waals surface area contributed by atoms with E-state index in [4.69, 9.17) is 14.2 Å². The first-order valence-corrected chi connectivity index (χ1v) is 6.63. The van der Waals surface area contributed by atoms with E-state index in [1.807, 2.05) is 32.2 Å². The fourth-order valence-corrected chi connectivity index (χ4v) is 2.28. The zero-order valence-corrected chi connectivity index (χ0v) is 13.1. The molecule has 0 radical (unpaired) electrons. The molecule has 6 heteroatoms. The molecule has 1 heterocycles. The number of ether oxygens (including phenoxy) is 3. The predicted octanol–water partition coefficient (Wildman–Crippen LogP) is 2.37. The van der Waals surface area contributed by atoms with Gasteiger partial charge in [-0.1, -0.05) is 0 Å². The smallest absolute Gasteiger partial charge is 0.216 e. The van der Waals surface area contributed by atoms with Gasteiger partial charge in [0.25, 0.3) is 0 Å². The second-order valence-corrected chi connectivity index (χ2v) is 4.62. The molecule has 0 aliphatic rings. The molecule has 1 aromatic heterocycles. The Morgan fingerprint density at radius 1 is 1.10 bits per heavy atom. The lowest BCUT2D eigenvalue weighted by molar-refractivity contribution is 0.355. The van der Waals surface area contributed by atoms with Crippen molar-refractivity contribution in [1.29, 1.82) is 0 Å². The number of rotatable bonds is 6. The number of aryl methyl sites for hydroxylation is 2. The van der Waals surface area contributed by atoms with Crippen LogP contribution in [0, 0.1) is 6.92 Å². The number of hydrogen-bond acceptors (Lipinski definition) is 5. The van der Waals surface area contributed by atoms with Gasteiger partial charge in [-0.3, -0.25) is 0 Å². The molecular weight excluding hydrogens is 270 g/mol. The van der Waals surface area contributed by atoms with Crippen molar-refractivity contribution in [2.45, 2.75) is 13.5 Å². The Balaban J connectivity index is 2.17. The van der Waals surface area contributed by atoms with Crippen LogP contribution >= 0.6 is 0 Å². The predicted molar refractivity (Wildman–Crippen MR) is 81.4 cm³/mol. The van der Waals surface area contributed by atoms with Gasteiger partial charge in [-0.2, -0.15) is 5.10 Å². The maximum absolute atomic E-state index is 5.38. The van der Waals surface area contributed by atoms with E-state index in [-0.39, 0.29) is 0 Å². The summed E-state index contributed by atoms with van der Waals surface area (Å²) in [5.41, 5.74) is 2.93. The summed E-state index contributed by atoms with van der Waals surface area (Å²) in [6, 6.07) is 5.71. The van der Waals surface area contributed by atoms with Crippen LogP contribution in [0.25, 0.3) is 0 Å². The lowest BCUT2D eigenvalue weighted by atomic mass is 10.2. The molecule has 0 amide bonds. The van der Waals surface area contributed by atoms with Gasteiger partial charge >= 0.3 is 0 Å². The lowest BCUT2D eigenvalue weighted by Crippen LogP contribution is -2.03. The van der Waals surface area contributed by atoms with E-state index in [1.165, 1.54) is 0 Å². The summed E-state index contributed by atoms with van der Waals surface area (Å²) in [6.07, 6.45) is 0. The van der Waals surface area contributed by atoms with Gasteiger partial charge in [-0.15, -0.1) is 0 Å². The molecule has 0 aliphatic carbocycles. The van der Waals surface area contributed by atoms with E-state index in [0.29, 0.717) is 18.0 Å². The van der Waals surface area contributed by atoms with Crippen molar-refractivity contribution in [3.05, 3.63) is 29.5 Å². The Morgan fingerprint density at radius 3 is 2.43 bits per heavy atom. The molecule has 0 saturated heterocycles. The standard InChI is InChI=1S/C15H21N3O3/c1-10-12(15(21-5)18(2)17-10)9-16-11-6-7-13(19-3)14(8-11)20-4/h6-8,16H,9H2,1-5H3. The SMILES string of the molecule is COc1ccc(NCc2c(C)nn(C)c2OC)cc1OC. The highest BCUT2D eigenvalue weighted by atomic mass is 16.5. The summed E-state index contributed by atoms with van der Waals surface area (Å²) in [5.74, 6) is 2.16. The molecule has 0 fully saturated rings. The maximum Gasteiger partial charge on any atom is 0.216 e. The van der Waals surface area contributed by atoms with Crippen molar-refractivity contribution >= 4 is 5.69 Å². The summed E-state index contributed by atoms with van der Waals surface area (Å²) in [7, 11) is 6.76. The van der Waals surface area contributed by atoms with Crippen LogP contribution in [0.5, 0.6) is 17.4 Å². The molecule has 114 valence electrons. The number of hydrogen-bond donors (Lipinski definition) is 1. The molecule has 0 spiro atoms. The van der Waals surface area contributed by atoms with Gasteiger partial charge in [-0.05, 0) is 19.1 Å². The highest BCUT2D eigenvalue weighted by Crippen LogP contribution is 2.30. The van der Waals surface area contributed by atoms with Crippen LogP contribution in [0.1, 0.15) is 11.3 Å². The number of nitrogens with zero attached hydrogens (tertiary/aromatic N) is 2. The minimum atomic E-state index is 0.623. The molecule has 21 heavy (non-hydrogen) atoms. The van der Waals surface area contributed by atoms with Crippen LogP contribution in [0.2, 0.25) is 0 Å². The van der Waals surface area contributed by atoms with Gasteiger partial charge in [0.15, 0.2) is 11.5 Å². The molecular formula is C15H21N3O3. The van der Waals surface area contributed by atoms with E-state index in [0.717, 1.165) is 22.8 Å². The third-order valence-electron chi connectivity index (χ3n) is 3.33. The van der Waals surface area contributed by atoms with Gasteiger partial charge < -0.3 is 19.5 Å². The van der Waals surface area contributed by atoms with Crippen LogP contribution in [-0.2, 0) is 13.6 Å². The molecule has 1 aromatic carbocycles. The molecule has 0 bridgehead atoms. The zero-order chi connectivity index (χ0) is 15.4. The summed E-state index contributed by atoms with van der Waals surface area (Å²) < 4.78 is 17.6. The van der Waals surface area contributed by atoms with Crippen molar-refractivity contribution in [2.24, 2.45) is 7.05 Å². The van der Waals surface area contributed by atoms with E-state index >= 15 is 0 Å². The van der Waals surface area contributed by atoms with Crippen LogP contribution in [0.4, 0.5) is 5.69 Å². The Kier molecular flexibility index (Phi) is 4.57. The number of anilines is 1. The number of methoxy groups -OCH3 is 3. The Hall–Kier alpha value is -2.37. The van der Waals surface area contributed by atoms with Gasteiger partial charge in [0, 0.05) is 25.3 Å². The largest absolute Gasteiger partial charge is 0.493 e. The molecule has 0 atom stereocenters. The van der Waals surface area contributed by atoms with Crippen LogP contribution in [0.3, 0.4) is 0 Å². The average molecular weight is 291 g/mol. The highest BCUT2D eigenvalue weighted by Gasteiger charge is 2.13. The zero-order valence-electron chi connectivity index (χ0n) is 13.1. The average Bonchev–Trinajstić information content (AvgIpc) is 2.77. The molecule has 6 nitrogen and oxygen atoms in total. The van der Waals surface area contributed by atoms with Crippen molar-refractivity contribution in [1.82, 2.24) is 9.78 Å². The summed E-state index contributed by atoms with van der Waals surface area (Å²) in [6.45, 7) is 2.59. The van der Waals surface area contributed by atoms with E-state index in [9.17, 15) is 0 Å². The normalized spacial score (nSPS) is 10.3. The summed E-state index contributed by atoms with van der Waals surface area (Å²) in [5, 5.41) is 7.71. The van der Waals surface area contributed by atoms with E-state index in [2.05, 4.69) is 10.4 Å². The third-order valence-corrected chi connectivity index (χ3v) is 3.33. The first-order valence-electron chi connectivity index (χ1n) is 6.63. The third kappa shape index (κ3) is 3.04. The molecule has 0 saturated carbocycles. The van der Waals surface area contributed by atoms with Crippen LogP contribution < -0.4 is 19.5 Å². The lowest BCUT2D eigenvalue weighted by Gasteiger charge is -2.12. The number of aromatic nitrogens is 2. The van der Waals surface area contributed by atoms with Crippen molar-refractivity contribution in [3.63, 3.8) is 0 Å². The number of benzene rings is 1. The Labute approximate surface area is 124 Å². The maximum atomic E-state index is 5.38. The van der Waals surface area contributed by atoms with E-state index < -0.39 is 0 Å². The van der Waals surface area contributed by atoms with Gasteiger partial charge in [0.2, 0.25) is 5.88 Å². The minimum Gasteiger partial charge on any atom is -0.493 e. The fraction of sp³-hybridized carbons (Fsp3) is 0.400. The van der Waals surface area contributed by atoms with E-state index in [1.54, 1.807) is 26.0 Å². The van der Waals surface area contributed by atoms with Crippen molar-refractivity contribution < 1.29 is 14.2 Å². The van der Waals surface area contributed by atoms with Gasteiger partial charge in [-0.25, -0.2) is 4.68 Å². The minimum absolute atomic E-state index is 0.623. The second kappa shape index (κ2) is 6.39. The first kappa shape index (κ1) is 15.0. The molecule has 0 aliphatic heterocycles. The van der Waals surface area contributed by atoms with Crippen LogP contribution in [-0.4, -0.2) is 31.1 Å². The first-order chi connectivity index (χ1) is 10.1. The fourth-order valence-electron chi connectivity index (χ4n) is 2.28. The molecule has 2 rings (SSSR count). The summed E-state index contributed by atoms with van der Waals surface area (Å²) in [4.78, 5) is 0. The molecule has 2 aromatic rings. The topological polar surface area (TPSA) is 57.5 Å². The van der Waals surface area contributed by atoms with Crippen LogP contribution in [0.15, 0.2) is 18.2 Å². The molecule has 1 N–H and O–H groups in total. The summed E-state index contributed by atoms with van der Waals surface area (Å²) >= 11 is 0. The second-order valence-electron chi connectivity index (χ2n) is 4.62. The van der Waals surface area contributed by atoms with Gasteiger partial charge in [0.05, 0.1) is 32.6 Å². The molecule has 0 unspecified atom stereocenters. The quantitative estimate of drug-likeness (QED) is 0.885.